The van der Waals surface area contributed by atoms with Gasteiger partial charge >= 0.3 is 6.03 Å². The van der Waals surface area contributed by atoms with Crippen molar-refractivity contribution in [3.05, 3.63) is 48.0 Å². The molecule has 2 amide bonds. The van der Waals surface area contributed by atoms with E-state index in [1.54, 1.807) is 26.4 Å². The van der Waals surface area contributed by atoms with E-state index >= 15 is 0 Å². The van der Waals surface area contributed by atoms with Gasteiger partial charge in [0, 0.05) is 35.5 Å². The van der Waals surface area contributed by atoms with Crippen molar-refractivity contribution >= 4 is 27.3 Å². The highest BCUT2D eigenvalue weighted by atomic mass is 32.2. The maximum absolute atomic E-state index is 12.4. The summed E-state index contributed by atoms with van der Waals surface area (Å²) in [4.78, 5) is 14.9. The van der Waals surface area contributed by atoms with Gasteiger partial charge in [-0.3, -0.25) is 0 Å². The van der Waals surface area contributed by atoms with Crippen LogP contribution in [-0.4, -0.2) is 65.2 Å². The lowest BCUT2D eigenvalue weighted by atomic mass is 9.65. The minimum Gasteiger partial charge on any atom is -0.493 e. The summed E-state index contributed by atoms with van der Waals surface area (Å²) in [5.74, 6) is 1.45. The van der Waals surface area contributed by atoms with Crippen LogP contribution in [0.25, 0.3) is 0 Å². The predicted octanol–water partition coefficient (Wildman–Crippen LogP) is 3.41. The molecule has 1 saturated heterocycles. The van der Waals surface area contributed by atoms with Gasteiger partial charge in [-0.1, -0.05) is 6.07 Å². The molecule has 0 bridgehead atoms. The molecule has 4 rings (SSSR count). The van der Waals surface area contributed by atoms with Gasteiger partial charge in [0.05, 0.1) is 19.1 Å². The van der Waals surface area contributed by atoms with Crippen LogP contribution in [0.1, 0.15) is 31.2 Å². The zero-order valence-electron chi connectivity index (χ0n) is 20.5. The number of amides is 2. The summed E-state index contributed by atoms with van der Waals surface area (Å²) < 4.78 is 34.1. The minimum atomic E-state index is -3.28. The number of anilines is 1. The van der Waals surface area contributed by atoms with Gasteiger partial charge in [-0.05, 0) is 74.8 Å². The van der Waals surface area contributed by atoms with Crippen molar-refractivity contribution in [2.45, 2.75) is 42.0 Å². The Morgan fingerprint density at radius 3 is 2.46 bits per heavy atom. The first kappa shape index (κ1) is 25.0. The lowest BCUT2D eigenvalue weighted by molar-refractivity contribution is 0.225. The summed E-state index contributed by atoms with van der Waals surface area (Å²) >= 11 is 0. The number of urea groups is 1. The van der Waals surface area contributed by atoms with Crippen LogP contribution in [0, 0.1) is 0 Å². The second-order valence-electron chi connectivity index (χ2n) is 9.22. The van der Waals surface area contributed by atoms with E-state index in [0.717, 1.165) is 55.7 Å². The van der Waals surface area contributed by atoms with Crippen LogP contribution in [0.3, 0.4) is 0 Å². The van der Waals surface area contributed by atoms with Crippen LogP contribution in [0.15, 0.2) is 52.5 Å². The largest absolute Gasteiger partial charge is 0.493 e. The van der Waals surface area contributed by atoms with Crippen LogP contribution in [-0.2, 0) is 15.3 Å². The van der Waals surface area contributed by atoms with Crippen LogP contribution < -0.4 is 20.2 Å². The molecule has 2 N–H and O–H groups in total. The van der Waals surface area contributed by atoms with E-state index in [4.69, 9.17) is 9.47 Å². The molecule has 1 saturated carbocycles. The van der Waals surface area contributed by atoms with Gasteiger partial charge in [-0.2, -0.15) is 5.10 Å². The SMILES string of the molecule is COc1ccc([C@@]23CC/C(=N\NC(=O)Nc4ccc(S(C)(=O)=O)cc4)C[C@@H]2N(C)CC3)cc1OC. The van der Waals surface area contributed by atoms with Gasteiger partial charge in [0.1, 0.15) is 0 Å². The first-order chi connectivity index (χ1) is 16.7. The minimum absolute atomic E-state index is 0.00304. The number of fused-ring (bicyclic) bond motifs is 1. The third-order valence-corrected chi connectivity index (χ3v) is 8.31. The Kier molecular flexibility index (Phi) is 7.05. The second kappa shape index (κ2) is 9.87. The Labute approximate surface area is 206 Å². The molecule has 0 spiro atoms. The van der Waals surface area contributed by atoms with Gasteiger partial charge in [0.25, 0.3) is 0 Å². The Morgan fingerprint density at radius 2 is 1.80 bits per heavy atom. The van der Waals surface area contributed by atoms with E-state index in [0.29, 0.717) is 5.69 Å². The molecule has 35 heavy (non-hydrogen) atoms. The van der Waals surface area contributed by atoms with Crippen molar-refractivity contribution in [3.8, 4) is 11.5 Å². The van der Waals surface area contributed by atoms with Crippen molar-refractivity contribution in [2.75, 3.05) is 39.4 Å². The molecule has 2 fully saturated rings. The number of benzene rings is 2. The molecule has 2 aliphatic rings. The maximum Gasteiger partial charge on any atom is 0.339 e. The van der Waals surface area contributed by atoms with E-state index in [2.05, 4.69) is 39.9 Å². The molecule has 1 aliphatic carbocycles. The number of nitrogens with zero attached hydrogens (tertiary/aromatic N) is 2. The summed E-state index contributed by atoms with van der Waals surface area (Å²) in [7, 11) is 2.14. The number of likely N-dealkylation sites (tertiary alicyclic amines) is 1. The van der Waals surface area contributed by atoms with Crippen molar-refractivity contribution in [1.82, 2.24) is 10.3 Å². The highest BCUT2D eigenvalue weighted by Crippen LogP contribution is 2.49. The Hall–Kier alpha value is -3.11. The quantitative estimate of drug-likeness (QED) is 0.589. The summed E-state index contributed by atoms with van der Waals surface area (Å²) in [6.45, 7) is 0.990. The first-order valence-corrected chi connectivity index (χ1v) is 13.4. The Bertz CT molecular complexity index is 1230. The molecular weight excluding hydrogens is 468 g/mol. The van der Waals surface area contributed by atoms with Crippen molar-refractivity contribution < 1.29 is 22.7 Å². The van der Waals surface area contributed by atoms with Gasteiger partial charge in [-0.25, -0.2) is 18.6 Å². The van der Waals surface area contributed by atoms with Crippen LogP contribution in [0.2, 0.25) is 0 Å². The summed E-state index contributed by atoms with van der Waals surface area (Å²) in [6.07, 6.45) is 4.65. The predicted molar refractivity (Wildman–Crippen MR) is 135 cm³/mol. The van der Waals surface area contributed by atoms with Gasteiger partial charge in [0.15, 0.2) is 21.3 Å². The van der Waals surface area contributed by atoms with E-state index in [9.17, 15) is 13.2 Å². The smallest absolute Gasteiger partial charge is 0.339 e. The number of hydrogen-bond acceptors (Lipinski definition) is 7. The summed E-state index contributed by atoms with van der Waals surface area (Å²) in [6, 6.07) is 12.0. The molecule has 2 aromatic rings. The highest BCUT2D eigenvalue weighted by Gasteiger charge is 2.49. The third-order valence-electron chi connectivity index (χ3n) is 7.18. The van der Waals surface area contributed by atoms with E-state index in [1.807, 2.05) is 6.07 Å². The van der Waals surface area contributed by atoms with Crippen LogP contribution in [0.4, 0.5) is 10.5 Å². The fourth-order valence-electron chi connectivity index (χ4n) is 5.26. The van der Waals surface area contributed by atoms with Gasteiger partial charge in [0.2, 0.25) is 0 Å². The second-order valence-corrected chi connectivity index (χ2v) is 11.2. The average molecular weight is 501 g/mol. The van der Waals surface area contributed by atoms with Crippen molar-refractivity contribution in [1.29, 1.82) is 0 Å². The molecule has 0 unspecified atom stereocenters. The molecule has 10 heteroatoms. The number of sulfone groups is 1. The molecule has 0 aromatic heterocycles. The first-order valence-electron chi connectivity index (χ1n) is 11.5. The molecule has 9 nitrogen and oxygen atoms in total. The van der Waals surface area contributed by atoms with Crippen molar-refractivity contribution in [3.63, 3.8) is 0 Å². The van der Waals surface area contributed by atoms with E-state index < -0.39 is 15.9 Å². The monoisotopic (exact) mass is 500 g/mol. The molecule has 188 valence electrons. The van der Waals surface area contributed by atoms with Crippen molar-refractivity contribution in [2.24, 2.45) is 5.10 Å². The highest BCUT2D eigenvalue weighted by molar-refractivity contribution is 7.90. The van der Waals surface area contributed by atoms with E-state index in [-0.39, 0.29) is 16.4 Å². The molecule has 1 aliphatic heterocycles. The van der Waals surface area contributed by atoms with Gasteiger partial charge in [-0.15, -0.1) is 0 Å². The number of carbonyl (C=O) groups is 1. The fraction of sp³-hybridized carbons (Fsp3) is 0.440. The zero-order valence-corrected chi connectivity index (χ0v) is 21.3. The topological polar surface area (TPSA) is 109 Å². The van der Waals surface area contributed by atoms with Gasteiger partial charge < -0.3 is 19.7 Å². The summed E-state index contributed by atoms with van der Waals surface area (Å²) in [5.41, 5.74) is 5.26. The number of carbonyl (C=O) groups excluding carboxylic acids is 1. The molecule has 1 heterocycles. The van der Waals surface area contributed by atoms with Crippen LogP contribution in [0.5, 0.6) is 11.5 Å². The number of hydrogen-bond donors (Lipinski definition) is 2. The number of ether oxygens (including phenoxy) is 2. The number of methoxy groups -OCH3 is 2. The standard InChI is InChI=1S/C25H32N4O5S/c1-29-14-13-25(17-5-10-21(33-2)22(15-17)34-3)12-11-19(16-23(25)29)27-28-24(30)26-18-6-8-20(9-7-18)35(4,31)32/h5-10,15,23H,11-14,16H2,1-4H3,(H2,26,28,30)/b27-19+/t23-,25-/m0/s1. The maximum atomic E-state index is 12.4. The average Bonchev–Trinajstić information content (AvgIpc) is 3.19. The molecule has 0 radical (unpaired) electrons. The van der Waals surface area contributed by atoms with E-state index in [1.165, 1.54) is 17.7 Å². The summed E-state index contributed by atoms with van der Waals surface area (Å²) in [5, 5.41) is 7.09. The normalized spacial score (nSPS) is 23.5. The lowest BCUT2D eigenvalue weighted by Crippen LogP contribution is -2.46. The zero-order chi connectivity index (χ0) is 25.2. The third kappa shape index (κ3) is 5.13. The molecule has 2 aromatic carbocycles. The molecule has 2 atom stereocenters. The fourth-order valence-corrected chi connectivity index (χ4v) is 5.89. The lowest BCUT2D eigenvalue weighted by Gasteiger charge is -2.42. The number of hydrazone groups is 1. The number of nitrogens with one attached hydrogen (secondary N) is 2. The Balaban J connectivity index is 1.44. The van der Waals surface area contributed by atoms with Crippen LogP contribution >= 0.6 is 0 Å². The Morgan fingerprint density at radius 1 is 1.09 bits per heavy atom. The molecular formula is C25H32N4O5S. The number of rotatable bonds is 6. The number of likely N-dealkylation sites (N-methyl/N-ethyl adjacent to an activating group) is 1.